The molecule has 0 aliphatic heterocycles. The van der Waals surface area contributed by atoms with Gasteiger partial charge in [-0.25, -0.2) is 4.39 Å². The predicted octanol–water partition coefficient (Wildman–Crippen LogP) is 1.21. The molecule has 0 saturated heterocycles. The molecule has 1 aromatic heterocycles. The molecular formula is C10H9FN4O2. The van der Waals surface area contributed by atoms with Gasteiger partial charge < -0.3 is 5.11 Å². The quantitative estimate of drug-likeness (QED) is 0.730. The van der Waals surface area contributed by atoms with Crippen LogP contribution < -0.4 is 5.32 Å². The van der Waals surface area contributed by atoms with Gasteiger partial charge in [0.05, 0.1) is 5.56 Å². The topological polar surface area (TPSA) is 90.9 Å². The molecule has 1 aromatic carbocycles. The first kappa shape index (κ1) is 11.1. The van der Waals surface area contributed by atoms with Crippen molar-refractivity contribution in [1.29, 1.82) is 0 Å². The van der Waals surface area contributed by atoms with Gasteiger partial charge in [-0.15, -0.1) is 5.10 Å². The van der Waals surface area contributed by atoms with E-state index in [0.717, 1.165) is 6.07 Å². The van der Waals surface area contributed by atoms with Crippen molar-refractivity contribution in [2.24, 2.45) is 0 Å². The summed E-state index contributed by atoms with van der Waals surface area (Å²) in [5.74, 6) is -1.13. The summed E-state index contributed by atoms with van der Waals surface area (Å²) in [6.07, 6.45) is 0. The summed E-state index contributed by atoms with van der Waals surface area (Å²) in [5, 5.41) is 17.6. The fourth-order valence-corrected chi connectivity index (χ4v) is 1.26. The molecule has 0 atom stereocenters. The molecule has 88 valence electrons. The molecule has 0 aliphatic carbocycles. The van der Waals surface area contributed by atoms with Crippen LogP contribution >= 0.6 is 0 Å². The molecule has 17 heavy (non-hydrogen) atoms. The van der Waals surface area contributed by atoms with E-state index in [9.17, 15) is 9.18 Å². The van der Waals surface area contributed by atoms with Crippen molar-refractivity contribution in [3.63, 3.8) is 0 Å². The van der Waals surface area contributed by atoms with Crippen molar-refractivity contribution in [2.45, 2.75) is 6.92 Å². The number of halogens is 1. The first-order valence-electron chi connectivity index (χ1n) is 4.75. The monoisotopic (exact) mass is 236 g/mol. The maximum atomic E-state index is 13.3. The third kappa shape index (κ3) is 2.39. The second kappa shape index (κ2) is 4.20. The summed E-state index contributed by atoms with van der Waals surface area (Å²) >= 11 is 0. The SMILES string of the molecule is Cc1nc(NC(=O)c2ccc(O)cc2F)n[nH]1. The lowest BCUT2D eigenvalue weighted by molar-refractivity contribution is 0.102. The second-order valence-corrected chi connectivity index (χ2v) is 3.36. The number of amides is 1. The number of nitrogens with one attached hydrogen (secondary N) is 2. The number of benzene rings is 1. The molecule has 0 aliphatic rings. The first-order valence-corrected chi connectivity index (χ1v) is 4.75. The van der Waals surface area contributed by atoms with Gasteiger partial charge in [0.1, 0.15) is 17.4 Å². The van der Waals surface area contributed by atoms with Crippen molar-refractivity contribution in [1.82, 2.24) is 15.2 Å². The molecular weight excluding hydrogens is 227 g/mol. The zero-order chi connectivity index (χ0) is 12.4. The Balaban J connectivity index is 2.20. The highest BCUT2D eigenvalue weighted by atomic mass is 19.1. The largest absolute Gasteiger partial charge is 0.508 e. The molecule has 7 heteroatoms. The number of aromatic nitrogens is 3. The third-order valence-corrected chi connectivity index (χ3v) is 2.02. The molecule has 0 radical (unpaired) electrons. The minimum absolute atomic E-state index is 0.0694. The van der Waals surface area contributed by atoms with Crippen LogP contribution in [-0.4, -0.2) is 26.2 Å². The Bertz CT molecular complexity index is 567. The zero-order valence-corrected chi connectivity index (χ0v) is 8.86. The van der Waals surface area contributed by atoms with E-state index in [-0.39, 0.29) is 17.3 Å². The molecule has 0 bridgehead atoms. The zero-order valence-electron chi connectivity index (χ0n) is 8.86. The van der Waals surface area contributed by atoms with Gasteiger partial charge in [-0.2, -0.15) is 4.98 Å². The maximum Gasteiger partial charge on any atom is 0.261 e. The highest BCUT2D eigenvalue weighted by Gasteiger charge is 2.13. The third-order valence-electron chi connectivity index (χ3n) is 2.02. The van der Waals surface area contributed by atoms with Gasteiger partial charge in [0, 0.05) is 6.07 Å². The van der Waals surface area contributed by atoms with Gasteiger partial charge >= 0.3 is 0 Å². The van der Waals surface area contributed by atoms with E-state index in [1.807, 2.05) is 0 Å². The molecule has 2 aromatic rings. The Morgan fingerprint density at radius 2 is 2.29 bits per heavy atom. The fourth-order valence-electron chi connectivity index (χ4n) is 1.26. The summed E-state index contributed by atoms with van der Waals surface area (Å²) in [6.45, 7) is 1.67. The number of aryl methyl sites for hydroxylation is 1. The lowest BCUT2D eigenvalue weighted by Gasteiger charge is -2.02. The van der Waals surface area contributed by atoms with Crippen molar-refractivity contribution in [3.05, 3.63) is 35.4 Å². The average Bonchev–Trinajstić information content (AvgIpc) is 2.63. The number of phenols is 1. The van der Waals surface area contributed by atoms with Crippen molar-refractivity contribution in [2.75, 3.05) is 5.32 Å². The van der Waals surface area contributed by atoms with Crippen molar-refractivity contribution >= 4 is 11.9 Å². The van der Waals surface area contributed by atoms with E-state index in [1.165, 1.54) is 12.1 Å². The molecule has 0 unspecified atom stereocenters. The number of hydrogen-bond acceptors (Lipinski definition) is 4. The average molecular weight is 236 g/mol. The highest BCUT2D eigenvalue weighted by Crippen LogP contribution is 2.15. The summed E-state index contributed by atoms with van der Waals surface area (Å²) in [7, 11) is 0. The minimum atomic E-state index is -0.810. The highest BCUT2D eigenvalue weighted by molar-refractivity contribution is 6.03. The minimum Gasteiger partial charge on any atom is -0.508 e. The van der Waals surface area contributed by atoms with Crippen LogP contribution in [0.15, 0.2) is 18.2 Å². The number of rotatable bonds is 2. The van der Waals surface area contributed by atoms with Gasteiger partial charge in [-0.3, -0.25) is 15.2 Å². The molecule has 1 amide bonds. The number of H-pyrrole nitrogens is 1. The number of carbonyl (C=O) groups excluding carboxylic acids is 1. The van der Waals surface area contributed by atoms with E-state index in [1.54, 1.807) is 6.92 Å². The Morgan fingerprint density at radius 3 is 2.88 bits per heavy atom. The summed E-state index contributed by atoms with van der Waals surface area (Å²) in [4.78, 5) is 15.5. The molecule has 0 saturated carbocycles. The normalized spacial score (nSPS) is 10.2. The summed E-state index contributed by atoms with van der Waals surface area (Å²) < 4.78 is 13.3. The lowest BCUT2D eigenvalue weighted by Crippen LogP contribution is -2.14. The van der Waals surface area contributed by atoms with Gasteiger partial charge in [0.2, 0.25) is 5.95 Å². The predicted molar refractivity (Wildman–Crippen MR) is 57.1 cm³/mol. The summed E-state index contributed by atoms with van der Waals surface area (Å²) in [6, 6.07) is 3.26. The molecule has 3 N–H and O–H groups in total. The van der Waals surface area contributed by atoms with Crippen LogP contribution in [0.3, 0.4) is 0 Å². The van der Waals surface area contributed by atoms with Crippen LogP contribution in [0.5, 0.6) is 5.75 Å². The maximum absolute atomic E-state index is 13.3. The van der Waals surface area contributed by atoms with Crippen LogP contribution in [0.25, 0.3) is 0 Å². The van der Waals surface area contributed by atoms with E-state index in [2.05, 4.69) is 20.5 Å². The van der Waals surface area contributed by atoms with Crippen molar-refractivity contribution < 1.29 is 14.3 Å². The van der Waals surface area contributed by atoms with Gasteiger partial charge in [0.25, 0.3) is 5.91 Å². The standard InChI is InChI=1S/C10H9FN4O2/c1-5-12-10(15-14-5)13-9(17)7-3-2-6(16)4-8(7)11/h2-4,16H,1H3,(H2,12,13,14,15,17). The Kier molecular flexibility index (Phi) is 2.73. The molecule has 0 fully saturated rings. The fraction of sp³-hybridized carbons (Fsp3) is 0.100. The van der Waals surface area contributed by atoms with Crippen LogP contribution in [0.1, 0.15) is 16.2 Å². The van der Waals surface area contributed by atoms with Crippen LogP contribution in [0, 0.1) is 12.7 Å². The van der Waals surface area contributed by atoms with E-state index in [4.69, 9.17) is 5.11 Å². The Hall–Kier alpha value is -2.44. The summed E-state index contributed by atoms with van der Waals surface area (Å²) in [5.41, 5.74) is -0.190. The number of carbonyl (C=O) groups is 1. The Labute approximate surface area is 95.5 Å². The molecule has 2 rings (SSSR count). The van der Waals surface area contributed by atoms with E-state index >= 15 is 0 Å². The van der Waals surface area contributed by atoms with Crippen LogP contribution in [0.2, 0.25) is 0 Å². The second-order valence-electron chi connectivity index (χ2n) is 3.36. The number of nitrogens with zero attached hydrogens (tertiary/aromatic N) is 2. The molecule has 0 spiro atoms. The smallest absolute Gasteiger partial charge is 0.261 e. The van der Waals surface area contributed by atoms with E-state index < -0.39 is 11.7 Å². The van der Waals surface area contributed by atoms with Gasteiger partial charge in [-0.1, -0.05) is 0 Å². The van der Waals surface area contributed by atoms with Crippen molar-refractivity contribution in [3.8, 4) is 5.75 Å². The molecule has 6 nitrogen and oxygen atoms in total. The number of anilines is 1. The number of aromatic hydroxyl groups is 1. The first-order chi connectivity index (χ1) is 8.06. The number of aromatic amines is 1. The lowest BCUT2D eigenvalue weighted by atomic mass is 10.2. The van der Waals surface area contributed by atoms with Crippen LogP contribution in [-0.2, 0) is 0 Å². The van der Waals surface area contributed by atoms with E-state index in [0.29, 0.717) is 5.82 Å². The number of hydrogen-bond donors (Lipinski definition) is 3. The Morgan fingerprint density at radius 1 is 1.53 bits per heavy atom. The van der Waals surface area contributed by atoms with Gasteiger partial charge in [-0.05, 0) is 19.1 Å². The van der Waals surface area contributed by atoms with Gasteiger partial charge in [0.15, 0.2) is 0 Å². The molecule has 1 heterocycles. The van der Waals surface area contributed by atoms with Crippen LogP contribution in [0.4, 0.5) is 10.3 Å². The number of phenolic OH excluding ortho intramolecular Hbond substituents is 1.